The fraction of sp³-hybridized carbons (Fsp3) is 0.160. The van der Waals surface area contributed by atoms with Gasteiger partial charge in [0.2, 0.25) is 0 Å². The SMILES string of the molecule is CCc1ccc(-c2ccccc2)c(CC)c1-n1ccnc1-c1[c-]cccc1.[Ir]. The molecule has 0 saturated carbocycles. The van der Waals surface area contributed by atoms with Gasteiger partial charge in [0, 0.05) is 38.2 Å². The Morgan fingerprint density at radius 2 is 1.68 bits per heavy atom. The number of benzene rings is 3. The van der Waals surface area contributed by atoms with Crippen LogP contribution in [0.1, 0.15) is 25.0 Å². The molecule has 0 spiro atoms. The number of aromatic nitrogens is 2. The van der Waals surface area contributed by atoms with Crippen LogP contribution in [0.2, 0.25) is 0 Å². The van der Waals surface area contributed by atoms with E-state index in [-0.39, 0.29) is 20.1 Å². The van der Waals surface area contributed by atoms with Crippen molar-refractivity contribution in [2.75, 3.05) is 0 Å². The predicted molar refractivity (Wildman–Crippen MR) is 112 cm³/mol. The van der Waals surface area contributed by atoms with E-state index in [2.05, 4.69) is 84.2 Å². The fourth-order valence-corrected chi connectivity index (χ4v) is 3.73. The molecule has 0 N–H and O–H groups in total. The average Bonchev–Trinajstić information content (AvgIpc) is 3.23. The van der Waals surface area contributed by atoms with E-state index in [1.807, 2.05) is 24.4 Å². The molecule has 0 bridgehead atoms. The third kappa shape index (κ3) is 3.73. The Morgan fingerprint density at radius 1 is 0.893 bits per heavy atom. The molecule has 3 heteroatoms. The van der Waals surface area contributed by atoms with Gasteiger partial charge in [-0.15, -0.1) is 35.9 Å². The minimum Gasteiger partial charge on any atom is -0.340 e. The standard InChI is InChI=1S/C25H23N2.Ir/c1-3-19-15-16-23(20-11-7-5-8-12-20)22(4-2)24(19)27-18-17-26-25(27)21-13-9-6-10-14-21;/h5-13,15-18H,3-4H2,1-2H3;/q-1;. The van der Waals surface area contributed by atoms with Crippen LogP contribution in [-0.4, -0.2) is 9.55 Å². The molecular formula is C25H23IrN2-. The van der Waals surface area contributed by atoms with E-state index in [4.69, 9.17) is 0 Å². The van der Waals surface area contributed by atoms with Gasteiger partial charge in [-0.25, -0.2) is 0 Å². The quantitative estimate of drug-likeness (QED) is 0.277. The van der Waals surface area contributed by atoms with Gasteiger partial charge in [-0.2, -0.15) is 0 Å². The Hall–Kier alpha value is -2.48. The van der Waals surface area contributed by atoms with Gasteiger partial charge >= 0.3 is 0 Å². The predicted octanol–water partition coefficient (Wildman–Crippen LogP) is 6.13. The second kappa shape index (κ2) is 9.14. The second-order valence-electron chi connectivity index (χ2n) is 6.57. The zero-order chi connectivity index (χ0) is 18.6. The van der Waals surface area contributed by atoms with Crippen LogP contribution in [0.5, 0.6) is 0 Å². The van der Waals surface area contributed by atoms with Crippen molar-refractivity contribution < 1.29 is 20.1 Å². The summed E-state index contributed by atoms with van der Waals surface area (Å²) in [7, 11) is 0. The Balaban J connectivity index is 0.00000225. The van der Waals surface area contributed by atoms with Gasteiger partial charge in [0.1, 0.15) is 0 Å². The summed E-state index contributed by atoms with van der Waals surface area (Å²) in [5.41, 5.74) is 7.51. The molecule has 0 saturated heterocycles. The molecule has 1 aromatic heterocycles. The summed E-state index contributed by atoms with van der Waals surface area (Å²) < 4.78 is 2.23. The monoisotopic (exact) mass is 544 g/mol. The first-order chi connectivity index (χ1) is 13.3. The van der Waals surface area contributed by atoms with Gasteiger partial charge < -0.3 is 4.57 Å². The molecule has 2 nitrogen and oxygen atoms in total. The fourth-order valence-electron chi connectivity index (χ4n) is 3.73. The Kier molecular flexibility index (Phi) is 6.61. The van der Waals surface area contributed by atoms with E-state index in [0.29, 0.717) is 0 Å². The van der Waals surface area contributed by atoms with Crippen LogP contribution in [0.15, 0.2) is 79.1 Å². The van der Waals surface area contributed by atoms with Gasteiger partial charge in [-0.3, -0.25) is 4.98 Å². The molecule has 0 aliphatic heterocycles. The summed E-state index contributed by atoms with van der Waals surface area (Å²) in [6, 6.07) is 26.5. The number of nitrogens with zero attached hydrogens (tertiary/aromatic N) is 2. The molecule has 0 aliphatic rings. The molecule has 4 rings (SSSR count). The van der Waals surface area contributed by atoms with Gasteiger partial charge in [0.05, 0.1) is 5.82 Å². The van der Waals surface area contributed by atoms with Crippen LogP contribution in [-0.2, 0) is 32.9 Å². The summed E-state index contributed by atoms with van der Waals surface area (Å²) in [5, 5.41) is 0. The molecule has 3 aromatic carbocycles. The van der Waals surface area contributed by atoms with Gasteiger partial charge in [0.25, 0.3) is 0 Å². The molecule has 0 aliphatic carbocycles. The van der Waals surface area contributed by atoms with Gasteiger partial charge in [0.15, 0.2) is 0 Å². The number of rotatable bonds is 5. The molecule has 0 fully saturated rings. The topological polar surface area (TPSA) is 17.8 Å². The summed E-state index contributed by atoms with van der Waals surface area (Å²) >= 11 is 0. The van der Waals surface area contributed by atoms with Crippen LogP contribution in [0, 0.1) is 6.07 Å². The summed E-state index contributed by atoms with van der Waals surface area (Å²) in [4.78, 5) is 4.65. The number of hydrogen-bond donors (Lipinski definition) is 0. The first kappa shape index (κ1) is 20.3. The molecule has 0 amide bonds. The summed E-state index contributed by atoms with van der Waals surface area (Å²) in [6.45, 7) is 4.45. The third-order valence-corrected chi connectivity index (χ3v) is 5.02. The number of aryl methyl sites for hydroxylation is 1. The van der Waals surface area contributed by atoms with E-state index < -0.39 is 0 Å². The van der Waals surface area contributed by atoms with Gasteiger partial charge in [-0.1, -0.05) is 56.3 Å². The molecule has 28 heavy (non-hydrogen) atoms. The maximum absolute atomic E-state index is 4.65. The zero-order valence-electron chi connectivity index (χ0n) is 16.1. The Bertz CT molecular complexity index is 1040. The van der Waals surface area contributed by atoms with Crippen molar-refractivity contribution in [1.82, 2.24) is 9.55 Å². The first-order valence-electron chi connectivity index (χ1n) is 9.54. The van der Waals surface area contributed by atoms with E-state index in [9.17, 15) is 0 Å². The minimum absolute atomic E-state index is 0. The molecule has 143 valence electrons. The maximum Gasteiger partial charge on any atom is 0.0602 e. The average molecular weight is 544 g/mol. The Labute approximate surface area is 180 Å². The zero-order valence-corrected chi connectivity index (χ0v) is 18.5. The van der Waals surface area contributed by atoms with Crippen LogP contribution in [0.3, 0.4) is 0 Å². The van der Waals surface area contributed by atoms with Crippen LogP contribution in [0.4, 0.5) is 0 Å². The van der Waals surface area contributed by atoms with E-state index >= 15 is 0 Å². The van der Waals surface area contributed by atoms with Crippen molar-refractivity contribution in [3.63, 3.8) is 0 Å². The van der Waals surface area contributed by atoms with Crippen LogP contribution >= 0.6 is 0 Å². The molecule has 4 aromatic rings. The smallest absolute Gasteiger partial charge is 0.0602 e. The first-order valence-corrected chi connectivity index (χ1v) is 9.54. The normalized spacial score (nSPS) is 10.5. The van der Waals surface area contributed by atoms with E-state index in [1.54, 1.807) is 0 Å². The second-order valence-corrected chi connectivity index (χ2v) is 6.57. The molecule has 0 unspecified atom stereocenters. The number of imidazole rings is 1. The van der Waals surface area contributed by atoms with Crippen molar-refractivity contribution in [2.45, 2.75) is 26.7 Å². The van der Waals surface area contributed by atoms with Crippen molar-refractivity contribution >= 4 is 0 Å². The maximum atomic E-state index is 4.65. The van der Waals surface area contributed by atoms with Crippen LogP contribution < -0.4 is 0 Å². The van der Waals surface area contributed by atoms with Gasteiger partial charge in [-0.05, 0) is 35.1 Å². The molecule has 1 radical (unpaired) electrons. The van der Waals surface area contributed by atoms with Crippen molar-refractivity contribution in [2.24, 2.45) is 0 Å². The molecule has 0 atom stereocenters. The molecule has 1 heterocycles. The largest absolute Gasteiger partial charge is 0.340 e. The van der Waals surface area contributed by atoms with Crippen LogP contribution in [0.25, 0.3) is 28.2 Å². The van der Waals surface area contributed by atoms with Crippen molar-refractivity contribution in [3.05, 3.63) is 96.3 Å². The number of hydrogen-bond acceptors (Lipinski definition) is 1. The Morgan fingerprint density at radius 3 is 2.36 bits per heavy atom. The van der Waals surface area contributed by atoms with E-state index in [1.165, 1.54) is 27.9 Å². The summed E-state index contributed by atoms with van der Waals surface area (Å²) in [5.74, 6) is 0.935. The van der Waals surface area contributed by atoms with Crippen molar-refractivity contribution in [1.29, 1.82) is 0 Å². The van der Waals surface area contributed by atoms with E-state index in [0.717, 1.165) is 24.2 Å². The summed E-state index contributed by atoms with van der Waals surface area (Å²) in [6.07, 6.45) is 5.89. The minimum atomic E-state index is 0. The third-order valence-electron chi connectivity index (χ3n) is 5.02. The van der Waals surface area contributed by atoms with Crippen molar-refractivity contribution in [3.8, 4) is 28.2 Å². The molecular weight excluding hydrogens is 521 g/mol.